The molecule has 1 rings (SSSR count). The molecule has 74 valence electrons. The smallest absolute Gasteiger partial charge is 0.332 e. The van der Waals surface area contributed by atoms with Crippen molar-refractivity contribution in [2.45, 2.75) is 12.8 Å². The summed E-state index contributed by atoms with van der Waals surface area (Å²) < 4.78 is 0.748. The Bertz CT molecular complexity index is 202. The van der Waals surface area contributed by atoms with E-state index in [0.717, 1.165) is 17.3 Å². The number of urea groups is 1. The fraction of sp³-hybridized carbons (Fsp3) is 0.625. The maximum Gasteiger partial charge on any atom is 0.341 e. The standard InChI is InChI=1S/C8H13BrN2O2/c1-7(9)6-10-8(12)11-4-2-3-5-13-11/h1-6H2,(H,10,12). The van der Waals surface area contributed by atoms with E-state index in [1.54, 1.807) is 0 Å². The molecule has 1 N–H and O–H groups in total. The molecular weight excluding hydrogens is 236 g/mol. The topological polar surface area (TPSA) is 41.6 Å². The molecule has 0 unspecified atom stereocenters. The third-order valence-electron chi connectivity index (χ3n) is 1.66. The summed E-state index contributed by atoms with van der Waals surface area (Å²) in [4.78, 5) is 16.5. The second-order valence-electron chi connectivity index (χ2n) is 2.82. The number of halogens is 1. The number of hydrogen-bond acceptors (Lipinski definition) is 2. The molecule has 0 spiro atoms. The van der Waals surface area contributed by atoms with E-state index in [2.05, 4.69) is 27.8 Å². The molecule has 0 aromatic carbocycles. The zero-order chi connectivity index (χ0) is 9.68. The summed E-state index contributed by atoms with van der Waals surface area (Å²) in [6.07, 6.45) is 2.03. The van der Waals surface area contributed by atoms with Gasteiger partial charge in [0.2, 0.25) is 0 Å². The van der Waals surface area contributed by atoms with Crippen LogP contribution >= 0.6 is 15.9 Å². The van der Waals surface area contributed by atoms with E-state index in [0.29, 0.717) is 19.7 Å². The molecule has 0 atom stereocenters. The molecule has 0 bridgehead atoms. The summed E-state index contributed by atoms with van der Waals surface area (Å²) in [6.45, 7) is 5.34. The van der Waals surface area contributed by atoms with Crippen LogP contribution < -0.4 is 5.32 Å². The van der Waals surface area contributed by atoms with E-state index < -0.39 is 0 Å². The average Bonchev–Trinajstić information content (AvgIpc) is 2.15. The fourth-order valence-electron chi connectivity index (χ4n) is 1.02. The van der Waals surface area contributed by atoms with Crippen LogP contribution in [0.15, 0.2) is 11.1 Å². The number of hydrogen-bond donors (Lipinski definition) is 1. The molecule has 0 aliphatic carbocycles. The summed E-state index contributed by atoms with van der Waals surface area (Å²) in [5.74, 6) is 0. The number of carbonyl (C=O) groups is 1. The second-order valence-corrected chi connectivity index (χ2v) is 3.94. The highest BCUT2D eigenvalue weighted by Crippen LogP contribution is 2.06. The molecule has 2 amide bonds. The summed E-state index contributed by atoms with van der Waals surface area (Å²) >= 11 is 3.16. The van der Waals surface area contributed by atoms with E-state index in [9.17, 15) is 4.79 Å². The Hall–Kier alpha value is -0.550. The van der Waals surface area contributed by atoms with Crippen LogP contribution in [0.1, 0.15) is 12.8 Å². The van der Waals surface area contributed by atoms with E-state index in [1.165, 1.54) is 5.06 Å². The molecule has 13 heavy (non-hydrogen) atoms. The van der Waals surface area contributed by atoms with Gasteiger partial charge in [-0.3, -0.25) is 4.84 Å². The lowest BCUT2D eigenvalue weighted by Gasteiger charge is -2.25. The number of amides is 2. The van der Waals surface area contributed by atoms with Crippen molar-refractivity contribution in [1.29, 1.82) is 0 Å². The van der Waals surface area contributed by atoms with Crippen molar-refractivity contribution < 1.29 is 9.63 Å². The summed E-state index contributed by atoms with van der Waals surface area (Å²) in [7, 11) is 0. The predicted octanol–water partition coefficient (Wildman–Crippen LogP) is 1.63. The van der Waals surface area contributed by atoms with Gasteiger partial charge < -0.3 is 5.32 Å². The van der Waals surface area contributed by atoms with Gasteiger partial charge in [0, 0.05) is 4.48 Å². The van der Waals surface area contributed by atoms with Crippen LogP contribution in [0.5, 0.6) is 0 Å². The van der Waals surface area contributed by atoms with Gasteiger partial charge in [-0.2, -0.15) is 0 Å². The third kappa shape index (κ3) is 3.78. The molecule has 1 fully saturated rings. The minimum absolute atomic E-state index is 0.194. The lowest BCUT2D eigenvalue weighted by Crippen LogP contribution is -2.43. The van der Waals surface area contributed by atoms with Gasteiger partial charge in [-0.25, -0.2) is 9.86 Å². The molecule has 1 aliphatic rings. The zero-order valence-corrected chi connectivity index (χ0v) is 8.97. The molecule has 1 saturated heterocycles. The highest BCUT2D eigenvalue weighted by molar-refractivity contribution is 9.11. The first-order valence-corrected chi connectivity index (χ1v) is 5.01. The Morgan fingerprint density at radius 1 is 1.62 bits per heavy atom. The van der Waals surface area contributed by atoms with E-state index in [1.807, 2.05) is 0 Å². The average molecular weight is 249 g/mol. The van der Waals surface area contributed by atoms with Crippen molar-refractivity contribution in [2.24, 2.45) is 0 Å². The molecule has 5 heteroatoms. The molecule has 0 radical (unpaired) electrons. The molecule has 1 heterocycles. The maximum atomic E-state index is 11.3. The molecule has 0 saturated carbocycles. The quantitative estimate of drug-likeness (QED) is 0.808. The van der Waals surface area contributed by atoms with Crippen molar-refractivity contribution in [3.8, 4) is 0 Å². The number of carbonyl (C=O) groups excluding carboxylic acids is 1. The largest absolute Gasteiger partial charge is 0.341 e. The first-order chi connectivity index (χ1) is 6.20. The number of nitrogens with one attached hydrogen (secondary N) is 1. The molecule has 1 aliphatic heterocycles. The minimum atomic E-state index is -0.194. The summed E-state index contributed by atoms with van der Waals surface area (Å²) in [5.41, 5.74) is 0. The van der Waals surface area contributed by atoms with Gasteiger partial charge in [-0.15, -0.1) is 0 Å². The zero-order valence-electron chi connectivity index (χ0n) is 7.38. The lowest BCUT2D eigenvalue weighted by atomic mass is 10.3. The van der Waals surface area contributed by atoms with Crippen LogP contribution in [0.2, 0.25) is 0 Å². The van der Waals surface area contributed by atoms with Crippen LogP contribution in [0.4, 0.5) is 4.79 Å². The molecule has 4 nitrogen and oxygen atoms in total. The van der Waals surface area contributed by atoms with Gasteiger partial charge in [0.15, 0.2) is 0 Å². The monoisotopic (exact) mass is 248 g/mol. The summed E-state index contributed by atoms with van der Waals surface area (Å²) in [5, 5.41) is 4.03. The van der Waals surface area contributed by atoms with Crippen LogP contribution in [0.3, 0.4) is 0 Å². The number of hydroxylamine groups is 2. The predicted molar refractivity (Wildman–Crippen MR) is 53.4 cm³/mol. The van der Waals surface area contributed by atoms with Crippen molar-refractivity contribution in [2.75, 3.05) is 19.7 Å². The summed E-state index contributed by atoms with van der Waals surface area (Å²) in [6, 6.07) is -0.194. The van der Waals surface area contributed by atoms with Gasteiger partial charge in [-0.05, 0) is 12.8 Å². The van der Waals surface area contributed by atoms with E-state index in [-0.39, 0.29) is 6.03 Å². The normalized spacial score (nSPS) is 16.8. The highest BCUT2D eigenvalue weighted by atomic mass is 79.9. The molecule has 0 aromatic heterocycles. The van der Waals surface area contributed by atoms with Gasteiger partial charge in [0.05, 0.1) is 19.7 Å². The number of nitrogens with zero attached hydrogens (tertiary/aromatic N) is 1. The first-order valence-electron chi connectivity index (χ1n) is 4.21. The van der Waals surface area contributed by atoms with E-state index in [4.69, 9.17) is 4.84 Å². The van der Waals surface area contributed by atoms with Gasteiger partial charge in [0.1, 0.15) is 0 Å². The Labute approximate surface area is 86.0 Å². The first kappa shape index (κ1) is 10.5. The van der Waals surface area contributed by atoms with Crippen molar-refractivity contribution in [3.05, 3.63) is 11.1 Å². The van der Waals surface area contributed by atoms with Gasteiger partial charge in [0.25, 0.3) is 0 Å². The van der Waals surface area contributed by atoms with Crippen LogP contribution in [-0.2, 0) is 4.84 Å². The Balaban J connectivity index is 2.25. The highest BCUT2D eigenvalue weighted by Gasteiger charge is 2.16. The molecule has 0 aromatic rings. The Morgan fingerprint density at radius 3 is 2.92 bits per heavy atom. The van der Waals surface area contributed by atoms with Crippen molar-refractivity contribution in [1.82, 2.24) is 10.4 Å². The van der Waals surface area contributed by atoms with Gasteiger partial charge in [-0.1, -0.05) is 22.5 Å². The van der Waals surface area contributed by atoms with Crippen LogP contribution in [0.25, 0.3) is 0 Å². The van der Waals surface area contributed by atoms with Gasteiger partial charge >= 0.3 is 6.03 Å². The lowest BCUT2D eigenvalue weighted by molar-refractivity contribution is -0.139. The van der Waals surface area contributed by atoms with Crippen molar-refractivity contribution in [3.63, 3.8) is 0 Å². The minimum Gasteiger partial charge on any atom is -0.332 e. The third-order valence-corrected chi connectivity index (χ3v) is 1.94. The molecular formula is C8H13BrN2O2. The Morgan fingerprint density at radius 2 is 2.38 bits per heavy atom. The van der Waals surface area contributed by atoms with Crippen LogP contribution in [-0.4, -0.2) is 30.8 Å². The Kier molecular flexibility index (Phi) is 4.24. The fourth-order valence-corrected chi connectivity index (χ4v) is 1.16. The second kappa shape index (κ2) is 5.24. The van der Waals surface area contributed by atoms with E-state index >= 15 is 0 Å². The van der Waals surface area contributed by atoms with Crippen LogP contribution in [0, 0.1) is 0 Å². The number of rotatable bonds is 2. The SMILES string of the molecule is C=C(Br)CNC(=O)N1CCCCO1. The van der Waals surface area contributed by atoms with Crippen molar-refractivity contribution >= 4 is 22.0 Å². The maximum absolute atomic E-state index is 11.3.